The molecular weight excluding hydrogens is 266 g/mol. The maximum atomic E-state index is 10.8. The highest BCUT2D eigenvalue weighted by atomic mass is 16.5. The third-order valence-corrected chi connectivity index (χ3v) is 4.51. The first-order chi connectivity index (χ1) is 10.1. The quantitative estimate of drug-likeness (QED) is 0.874. The van der Waals surface area contributed by atoms with Crippen LogP contribution in [0.5, 0.6) is 5.75 Å². The third-order valence-electron chi connectivity index (χ3n) is 4.51. The largest absolute Gasteiger partial charge is 0.497 e. The van der Waals surface area contributed by atoms with E-state index < -0.39 is 6.10 Å². The molecular formula is C17H27NO3. The van der Waals surface area contributed by atoms with Gasteiger partial charge in [0.15, 0.2) is 0 Å². The number of aliphatic hydroxyl groups excluding tert-OH is 1. The van der Waals surface area contributed by atoms with E-state index in [1.54, 1.807) is 14.2 Å². The van der Waals surface area contributed by atoms with E-state index in [2.05, 4.69) is 18.7 Å². The van der Waals surface area contributed by atoms with E-state index in [9.17, 15) is 5.11 Å². The van der Waals surface area contributed by atoms with Gasteiger partial charge in [0.1, 0.15) is 5.75 Å². The zero-order chi connectivity index (χ0) is 15.4. The minimum atomic E-state index is -0.445. The lowest BCUT2D eigenvalue weighted by molar-refractivity contribution is -0.00187. The Morgan fingerprint density at radius 3 is 2.76 bits per heavy atom. The van der Waals surface area contributed by atoms with Crippen LogP contribution in [0.4, 0.5) is 0 Å². The average molecular weight is 293 g/mol. The normalized spacial score (nSPS) is 23.0. The lowest BCUT2D eigenvalue weighted by Gasteiger charge is -2.41. The Kier molecular flexibility index (Phi) is 5.62. The Hall–Kier alpha value is -1.10. The lowest BCUT2D eigenvalue weighted by atomic mass is 9.84. The van der Waals surface area contributed by atoms with Crippen LogP contribution in [0.2, 0.25) is 0 Å². The summed E-state index contributed by atoms with van der Waals surface area (Å²) in [4.78, 5) is 2.35. The van der Waals surface area contributed by atoms with Crippen LogP contribution >= 0.6 is 0 Å². The highest BCUT2D eigenvalue weighted by molar-refractivity contribution is 5.39. The zero-order valence-corrected chi connectivity index (χ0v) is 13.5. The van der Waals surface area contributed by atoms with Crippen molar-refractivity contribution in [2.45, 2.75) is 44.9 Å². The molecule has 1 N–H and O–H groups in total. The van der Waals surface area contributed by atoms with Crippen LogP contribution in [0.15, 0.2) is 18.2 Å². The topological polar surface area (TPSA) is 41.9 Å². The van der Waals surface area contributed by atoms with E-state index in [4.69, 9.17) is 9.47 Å². The van der Waals surface area contributed by atoms with Gasteiger partial charge in [0.25, 0.3) is 0 Å². The predicted octanol–water partition coefficient (Wildman–Crippen LogP) is 2.40. The summed E-state index contributed by atoms with van der Waals surface area (Å²) in [5, 5.41) is 10.8. The maximum absolute atomic E-state index is 10.8. The first-order valence-corrected chi connectivity index (χ1v) is 7.71. The summed E-state index contributed by atoms with van der Waals surface area (Å²) in [7, 11) is 3.40. The molecule has 1 aromatic rings. The molecule has 0 saturated heterocycles. The van der Waals surface area contributed by atoms with Crippen molar-refractivity contribution < 1.29 is 14.6 Å². The summed E-state index contributed by atoms with van der Waals surface area (Å²) in [6.07, 6.45) is 1.49. The zero-order valence-electron chi connectivity index (χ0n) is 13.5. The molecule has 118 valence electrons. The van der Waals surface area contributed by atoms with Crippen molar-refractivity contribution in [3.63, 3.8) is 0 Å². The fraction of sp³-hybridized carbons (Fsp3) is 0.647. The van der Waals surface area contributed by atoms with E-state index in [0.29, 0.717) is 12.6 Å². The van der Waals surface area contributed by atoms with Crippen LogP contribution < -0.4 is 4.74 Å². The SMILES string of the molecule is CCN(C(C)COC)C1CCc2cc(OC)ccc2C1O. The Balaban J connectivity index is 2.20. The van der Waals surface area contributed by atoms with Gasteiger partial charge in [-0.25, -0.2) is 0 Å². The van der Waals surface area contributed by atoms with Gasteiger partial charge in [0, 0.05) is 19.2 Å². The number of likely N-dealkylation sites (N-methyl/N-ethyl adjacent to an activating group) is 1. The molecule has 0 heterocycles. The number of aryl methyl sites for hydroxylation is 1. The molecule has 3 atom stereocenters. The molecule has 1 aromatic carbocycles. The minimum absolute atomic E-state index is 0.154. The Labute approximate surface area is 127 Å². The summed E-state index contributed by atoms with van der Waals surface area (Å²) in [6, 6.07) is 6.43. The molecule has 1 aliphatic rings. The van der Waals surface area contributed by atoms with Gasteiger partial charge in [0.2, 0.25) is 0 Å². The first kappa shape index (κ1) is 16.3. The molecule has 2 rings (SSSR count). The molecule has 0 saturated carbocycles. The Morgan fingerprint density at radius 2 is 2.14 bits per heavy atom. The number of hydrogen-bond donors (Lipinski definition) is 1. The number of methoxy groups -OCH3 is 2. The second kappa shape index (κ2) is 7.25. The van der Waals surface area contributed by atoms with Crippen molar-refractivity contribution in [3.05, 3.63) is 29.3 Å². The molecule has 4 heteroatoms. The number of fused-ring (bicyclic) bond motifs is 1. The molecule has 0 radical (unpaired) electrons. The number of rotatable bonds is 6. The second-order valence-electron chi connectivity index (χ2n) is 5.75. The van der Waals surface area contributed by atoms with E-state index in [0.717, 1.165) is 30.7 Å². The second-order valence-corrected chi connectivity index (χ2v) is 5.75. The average Bonchev–Trinajstić information content (AvgIpc) is 2.50. The van der Waals surface area contributed by atoms with Crippen molar-refractivity contribution in [2.24, 2.45) is 0 Å². The standard InChI is InChI=1S/C17H27NO3/c1-5-18(12(2)11-20-3)16-9-6-13-10-14(21-4)7-8-15(13)17(16)19/h7-8,10,12,16-17,19H,5-6,9,11H2,1-4H3. The summed E-state index contributed by atoms with van der Waals surface area (Å²) in [5.41, 5.74) is 2.24. The number of benzene rings is 1. The van der Waals surface area contributed by atoms with Crippen LogP contribution in [-0.2, 0) is 11.2 Å². The van der Waals surface area contributed by atoms with Crippen molar-refractivity contribution >= 4 is 0 Å². The van der Waals surface area contributed by atoms with Crippen LogP contribution in [0.25, 0.3) is 0 Å². The van der Waals surface area contributed by atoms with E-state index in [-0.39, 0.29) is 6.04 Å². The fourth-order valence-corrected chi connectivity index (χ4v) is 3.44. The molecule has 0 bridgehead atoms. The molecule has 0 aliphatic heterocycles. The molecule has 1 aliphatic carbocycles. The summed E-state index contributed by atoms with van der Waals surface area (Å²) < 4.78 is 10.5. The van der Waals surface area contributed by atoms with Gasteiger partial charge >= 0.3 is 0 Å². The molecule has 4 nitrogen and oxygen atoms in total. The van der Waals surface area contributed by atoms with E-state index in [1.165, 1.54) is 5.56 Å². The highest BCUT2D eigenvalue weighted by Gasteiger charge is 2.33. The highest BCUT2D eigenvalue weighted by Crippen LogP contribution is 2.35. The van der Waals surface area contributed by atoms with Crippen LogP contribution in [-0.4, -0.2) is 49.5 Å². The number of aliphatic hydroxyl groups is 1. The molecule has 0 spiro atoms. The van der Waals surface area contributed by atoms with Crippen LogP contribution in [0.1, 0.15) is 37.5 Å². The molecule has 3 unspecified atom stereocenters. The summed E-state index contributed by atoms with van der Waals surface area (Å²) in [6.45, 7) is 5.90. The monoisotopic (exact) mass is 293 g/mol. The van der Waals surface area contributed by atoms with Gasteiger partial charge in [0.05, 0.1) is 19.8 Å². The summed E-state index contributed by atoms with van der Waals surface area (Å²) in [5.74, 6) is 0.861. The van der Waals surface area contributed by atoms with Gasteiger partial charge in [-0.3, -0.25) is 4.90 Å². The van der Waals surface area contributed by atoms with Gasteiger partial charge < -0.3 is 14.6 Å². The number of nitrogens with zero attached hydrogens (tertiary/aromatic N) is 1. The summed E-state index contributed by atoms with van der Waals surface area (Å²) >= 11 is 0. The van der Waals surface area contributed by atoms with Crippen molar-refractivity contribution in [1.82, 2.24) is 4.90 Å². The minimum Gasteiger partial charge on any atom is -0.497 e. The van der Waals surface area contributed by atoms with E-state index in [1.807, 2.05) is 18.2 Å². The lowest BCUT2D eigenvalue weighted by Crippen LogP contribution is -2.48. The van der Waals surface area contributed by atoms with Gasteiger partial charge in [-0.05, 0) is 49.6 Å². The predicted molar refractivity (Wildman–Crippen MR) is 83.8 cm³/mol. The van der Waals surface area contributed by atoms with Crippen molar-refractivity contribution in [2.75, 3.05) is 27.4 Å². The molecule has 0 amide bonds. The van der Waals surface area contributed by atoms with Gasteiger partial charge in [-0.15, -0.1) is 0 Å². The Bertz CT molecular complexity index is 463. The smallest absolute Gasteiger partial charge is 0.119 e. The molecule has 21 heavy (non-hydrogen) atoms. The number of ether oxygens (including phenoxy) is 2. The molecule has 0 fully saturated rings. The Morgan fingerprint density at radius 1 is 1.38 bits per heavy atom. The third kappa shape index (κ3) is 3.39. The number of hydrogen-bond acceptors (Lipinski definition) is 4. The fourth-order valence-electron chi connectivity index (χ4n) is 3.44. The maximum Gasteiger partial charge on any atom is 0.119 e. The van der Waals surface area contributed by atoms with Crippen LogP contribution in [0, 0.1) is 0 Å². The molecule has 0 aromatic heterocycles. The van der Waals surface area contributed by atoms with Crippen molar-refractivity contribution in [1.29, 1.82) is 0 Å². The van der Waals surface area contributed by atoms with Crippen LogP contribution in [0.3, 0.4) is 0 Å². The first-order valence-electron chi connectivity index (χ1n) is 7.71. The van der Waals surface area contributed by atoms with Gasteiger partial charge in [-0.2, -0.15) is 0 Å². The van der Waals surface area contributed by atoms with Gasteiger partial charge in [-0.1, -0.05) is 13.0 Å². The van der Waals surface area contributed by atoms with Crippen molar-refractivity contribution in [3.8, 4) is 5.75 Å². The van der Waals surface area contributed by atoms with E-state index >= 15 is 0 Å².